The molecular weight excluding hydrogens is 384 g/mol. The molecule has 0 radical (unpaired) electrons. The topological polar surface area (TPSA) is 97.5 Å². The van der Waals surface area contributed by atoms with Crippen LogP contribution in [0.15, 0.2) is 54.7 Å². The molecule has 0 saturated carbocycles. The van der Waals surface area contributed by atoms with Gasteiger partial charge in [-0.15, -0.1) is 0 Å². The highest BCUT2D eigenvalue weighted by Gasteiger charge is 2.44. The van der Waals surface area contributed by atoms with Gasteiger partial charge in [0.1, 0.15) is 6.04 Å². The molecular formula is C23H22N2O5. The van der Waals surface area contributed by atoms with E-state index in [1.54, 1.807) is 25.1 Å². The van der Waals surface area contributed by atoms with Gasteiger partial charge in [-0.1, -0.05) is 36.4 Å². The second kappa shape index (κ2) is 7.67. The quantitative estimate of drug-likeness (QED) is 0.635. The number of hydrogen-bond acceptors (Lipinski definition) is 5. The number of methoxy groups -OCH3 is 1. The number of carbonyl (C=O) groups excluding carboxylic acids is 3. The first-order valence-corrected chi connectivity index (χ1v) is 9.66. The standard InChI is InChI=1S/C23H22N2O5/c1-23(12-14-7-3-4-9-17(14)20(26)30-23)22(28)25-19(21(27)29-2)11-15-13-24-18-10-6-5-8-16(15)18/h3-10,13,19,24H,11-12H2,1-2H3,(H,25,28)/t19-,23?/m1/s1. The first-order chi connectivity index (χ1) is 14.4. The average molecular weight is 406 g/mol. The van der Waals surface area contributed by atoms with Gasteiger partial charge < -0.3 is 19.8 Å². The molecule has 4 rings (SSSR count). The number of nitrogens with one attached hydrogen (secondary N) is 2. The van der Waals surface area contributed by atoms with E-state index < -0.39 is 29.5 Å². The molecule has 2 atom stereocenters. The van der Waals surface area contributed by atoms with E-state index in [0.717, 1.165) is 22.0 Å². The summed E-state index contributed by atoms with van der Waals surface area (Å²) in [5.41, 5.74) is 1.58. The lowest BCUT2D eigenvalue weighted by Gasteiger charge is -2.34. The molecule has 2 heterocycles. The van der Waals surface area contributed by atoms with Crippen LogP contribution in [-0.4, -0.2) is 41.6 Å². The van der Waals surface area contributed by atoms with E-state index in [1.165, 1.54) is 7.11 Å². The van der Waals surface area contributed by atoms with Crippen molar-refractivity contribution in [2.24, 2.45) is 0 Å². The summed E-state index contributed by atoms with van der Waals surface area (Å²) in [7, 11) is 1.27. The molecule has 7 nitrogen and oxygen atoms in total. The van der Waals surface area contributed by atoms with Crippen LogP contribution in [-0.2, 0) is 31.9 Å². The van der Waals surface area contributed by atoms with E-state index in [9.17, 15) is 14.4 Å². The van der Waals surface area contributed by atoms with Crippen molar-refractivity contribution >= 4 is 28.7 Å². The molecule has 154 valence electrons. The summed E-state index contributed by atoms with van der Waals surface area (Å²) in [6.45, 7) is 1.55. The summed E-state index contributed by atoms with van der Waals surface area (Å²) < 4.78 is 10.4. The number of hydrogen-bond donors (Lipinski definition) is 2. The molecule has 1 unspecified atom stereocenters. The molecule has 0 spiro atoms. The minimum absolute atomic E-state index is 0.224. The first kappa shape index (κ1) is 19.7. The third kappa shape index (κ3) is 3.54. The van der Waals surface area contributed by atoms with Crippen LogP contribution in [0.2, 0.25) is 0 Å². The van der Waals surface area contributed by atoms with Crippen LogP contribution in [0, 0.1) is 0 Å². The summed E-state index contributed by atoms with van der Waals surface area (Å²) in [6, 6.07) is 13.8. The van der Waals surface area contributed by atoms with Gasteiger partial charge in [-0.25, -0.2) is 9.59 Å². The number of fused-ring (bicyclic) bond motifs is 2. The van der Waals surface area contributed by atoms with Crippen molar-refractivity contribution < 1.29 is 23.9 Å². The second-order valence-electron chi connectivity index (χ2n) is 7.57. The third-order valence-corrected chi connectivity index (χ3v) is 5.45. The molecule has 1 aliphatic rings. The van der Waals surface area contributed by atoms with Crippen molar-refractivity contribution in [1.29, 1.82) is 0 Å². The molecule has 1 amide bonds. The Morgan fingerprint density at radius 2 is 1.93 bits per heavy atom. The molecule has 3 aromatic rings. The van der Waals surface area contributed by atoms with Crippen LogP contribution in [0.25, 0.3) is 10.9 Å². The number of aromatic nitrogens is 1. The van der Waals surface area contributed by atoms with Gasteiger partial charge in [-0.3, -0.25) is 4.79 Å². The molecule has 7 heteroatoms. The number of cyclic esters (lactones) is 1. The number of amides is 1. The fourth-order valence-corrected chi connectivity index (χ4v) is 3.83. The zero-order chi connectivity index (χ0) is 21.3. The molecule has 1 aliphatic heterocycles. The van der Waals surface area contributed by atoms with E-state index in [-0.39, 0.29) is 12.8 Å². The number of benzene rings is 2. The lowest BCUT2D eigenvalue weighted by atomic mass is 9.89. The van der Waals surface area contributed by atoms with Gasteiger partial charge >= 0.3 is 11.9 Å². The highest BCUT2D eigenvalue weighted by atomic mass is 16.6. The number of carbonyl (C=O) groups is 3. The van der Waals surface area contributed by atoms with Crippen LogP contribution >= 0.6 is 0 Å². The lowest BCUT2D eigenvalue weighted by Crippen LogP contribution is -2.56. The summed E-state index contributed by atoms with van der Waals surface area (Å²) in [4.78, 5) is 41.0. The molecule has 1 aromatic heterocycles. The van der Waals surface area contributed by atoms with E-state index in [4.69, 9.17) is 9.47 Å². The number of ether oxygens (including phenoxy) is 2. The van der Waals surface area contributed by atoms with Gasteiger partial charge in [0.2, 0.25) is 0 Å². The van der Waals surface area contributed by atoms with Crippen LogP contribution < -0.4 is 5.32 Å². The van der Waals surface area contributed by atoms with Gasteiger partial charge in [0.25, 0.3) is 5.91 Å². The number of para-hydroxylation sites is 1. The minimum atomic E-state index is -1.42. The predicted molar refractivity (Wildman–Crippen MR) is 110 cm³/mol. The Morgan fingerprint density at radius 1 is 1.20 bits per heavy atom. The Bertz CT molecular complexity index is 1140. The molecule has 0 bridgehead atoms. The van der Waals surface area contributed by atoms with E-state index in [1.807, 2.05) is 36.5 Å². The fraction of sp³-hybridized carbons (Fsp3) is 0.261. The Balaban J connectivity index is 1.57. The maximum Gasteiger partial charge on any atom is 0.339 e. The number of H-pyrrole nitrogens is 1. The Morgan fingerprint density at radius 3 is 2.73 bits per heavy atom. The maximum atomic E-state index is 13.1. The van der Waals surface area contributed by atoms with Gasteiger partial charge in [-0.05, 0) is 30.2 Å². The zero-order valence-electron chi connectivity index (χ0n) is 16.7. The summed E-state index contributed by atoms with van der Waals surface area (Å²) in [6.07, 6.45) is 2.27. The van der Waals surface area contributed by atoms with Crippen LogP contribution in [0.4, 0.5) is 0 Å². The number of esters is 2. The first-order valence-electron chi connectivity index (χ1n) is 9.66. The third-order valence-electron chi connectivity index (χ3n) is 5.45. The van der Waals surface area contributed by atoms with Crippen molar-refractivity contribution in [3.8, 4) is 0 Å². The monoisotopic (exact) mass is 406 g/mol. The average Bonchev–Trinajstić information content (AvgIpc) is 3.15. The van der Waals surface area contributed by atoms with Gasteiger partial charge in [0, 0.05) is 29.9 Å². The largest absolute Gasteiger partial charge is 0.467 e. The van der Waals surface area contributed by atoms with Crippen molar-refractivity contribution in [3.05, 3.63) is 71.4 Å². The second-order valence-corrected chi connectivity index (χ2v) is 7.57. The van der Waals surface area contributed by atoms with E-state index >= 15 is 0 Å². The maximum absolute atomic E-state index is 13.1. The molecule has 0 aliphatic carbocycles. The van der Waals surface area contributed by atoms with Crippen molar-refractivity contribution in [3.63, 3.8) is 0 Å². The SMILES string of the molecule is COC(=O)[C@@H](Cc1c[nH]c2ccccc12)NC(=O)C1(C)Cc2ccccc2C(=O)O1. The smallest absolute Gasteiger partial charge is 0.339 e. The molecule has 0 saturated heterocycles. The minimum Gasteiger partial charge on any atom is -0.467 e. The van der Waals surface area contributed by atoms with Gasteiger partial charge in [0.15, 0.2) is 5.60 Å². The zero-order valence-corrected chi connectivity index (χ0v) is 16.7. The molecule has 30 heavy (non-hydrogen) atoms. The Hall–Kier alpha value is -3.61. The van der Waals surface area contributed by atoms with E-state index in [2.05, 4.69) is 10.3 Å². The summed E-state index contributed by atoms with van der Waals surface area (Å²) in [5, 5.41) is 3.69. The normalized spacial score (nSPS) is 18.9. The van der Waals surface area contributed by atoms with Crippen LogP contribution in [0.5, 0.6) is 0 Å². The van der Waals surface area contributed by atoms with Crippen molar-refractivity contribution in [2.45, 2.75) is 31.4 Å². The predicted octanol–water partition coefficient (Wildman–Crippen LogP) is 2.54. The van der Waals surface area contributed by atoms with E-state index in [0.29, 0.717) is 5.56 Å². The summed E-state index contributed by atoms with van der Waals surface area (Å²) in [5.74, 6) is -1.67. The highest BCUT2D eigenvalue weighted by Crippen LogP contribution is 2.28. The Kier molecular flexibility index (Phi) is 5.03. The van der Waals surface area contributed by atoms with Crippen LogP contribution in [0.1, 0.15) is 28.4 Å². The van der Waals surface area contributed by atoms with Gasteiger partial charge in [-0.2, -0.15) is 0 Å². The molecule has 2 N–H and O–H groups in total. The lowest BCUT2D eigenvalue weighted by molar-refractivity contribution is -0.149. The Labute approximate surface area is 173 Å². The number of aromatic amines is 1. The molecule has 2 aromatic carbocycles. The van der Waals surface area contributed by atoms with Crippen molar-refractivity contribution in [1.82, 2.24) is 10.3 Å². The van der Waals surface area contributed by atoms with Crippen molar-refractivity contribution in [2.75, 3.05) is 7.11 Å². The van der Waals surface area contributed by atoms with Gasteiger partial charge in [0.05, 0.1) is 12.7 Å². The summed E-state index contributed by atoms with van der Waals surface area (Å²) >= 11 is 0. The highest BCUT2D eigenvalue weighted by molar-refractivity contribution is 5.98. The molecule has 0 fully saturated rings. The van der Waals surface area contributed by atoms with Crippen LogP contribution in [0.3, 0.4) is 0 Å². The number of rotatable bonds is 5. The fourth-order valence-electron chi connectivity index (χ4n) is 3.83.